The maximum Gasteiger partial charge on any atom is 0.243 e. The molecule has 1 atom stereocenters. The first-order valence-corrected chi connectivity index (χ1v) is 11.3. The zero-order chi connectivity index (χ0) is 19.0. The number of benzene rings is 1. The number of thiophene rings is 1. The van der Waals surface area contributed by atoms with E-state index in [-0.39, 0.29) is 11.5 Å². The van der Waals surface area contributed by atoms with Crippen LogP contribution in [0.4, 0.5) is 0 Å². The quantitative estimate of drug-likeness (QED) is 0.626. The molecule has 1 aliphatic rings. The first kappa shape index (κ1) is 18.7. The monoisotopic (exact) mass is 426 g/mol. The van der Waals surface area contributed by atoms with Crippen LogP contribution in [-0.2, 0) is 16.6 Å². The van der Waals surface area contributed by atoms with Crippen molar-refractivity contribution in [3.8, 4) is 0 Å². The van der Waals surface area contributed by atoms with Crippen molar-refractivity contribution in [1.29, 1.82) is 0 Å². The van der Waals surface area contributed by atoms with Crippen molar-refractivity contribution in [1.82, 2.24) is 19.5 Å². The lowest BCUT2D eigenvalue weighted by atomic mass is 10.0. The second-order valence-electron chi connectivity index (χ2n) is 6.70. The van der Waals surface area contributed by atoms with Gasteiger partial charge in [-0.1, -0.05) is 23.4 Å². The molecule has 0 N–H and O–H groups in total. The van der Waals surface area contributed by atoms with Crippen molar-refractivity contribution in [3.05, 3.63) is 39.5 Å². The Bertz CT molecular complexity index is 1060. The smallest absolute Gasteiger partial charge is 0.243 e. The van der Waals surface area contributed by atoms with Crippen LogP contribution in [0.5, 0.6) is 0 Å². The Balaban J connectivity index is 1.61. The summed E-state index contributed by atoms with van der Waals surface area (Å²) in [6.45, 7) is 3.45. The summed E-state index contributed by atoms with van der Waals surface area (Å²) >= 11 is 7.35. The molecule has 7 nitrogen and oxygen atoms in total. The third-order valence-electron chi connectivity index (χ3n) is 4.60. The number of fused-ring (bicyclic) bond motifs is 1. The van der Waals surface area contributed by atoms with Gasteiger partial charge in [0, 0.05) is 18.0 Å². The van der Waals surface area contributed by atoms with Gasteiger partial charge in [0.15, 0.2) is 6.61 Å². The Kier molecular flexibility index (Phi) is 5.11. The van der Waals surface area contributed by atoms with Gasteiger partial charge in [-0.25, -0.2) is 8.42 Å². The minimum atomic E-state index is -3.55. The highest BCUT2D eigenvalue weighted by atomic mass is 35.5. The summed E-state index contributed by atoms with van der Waals surface area (Å²) in [7, 11) is -3.55. The Labute approximate surface area is 166 Å². The molecular weight excluding hydrogens is 408 g/mol. The number of rotatable bonds is 5. The fourth-order valence-corrected chi connectivity index (χ4v) is 5.82. The second kappa shape index (κ2) is 7.38. The van der Waals surface area contributed by atoms with E-state index in [4.69, 9.17) is 16.4 Å². The number of piperidine rings is 1. The molecule has 1 aromatic carbocycles. The predicted octanol–water partition coefficient (Wildman–Crippen LogP) is 3.20. The van der Waals surface area contributed by atoms with Gasteiger partial charge in [-0.15, -0.1) is 16.4 Å². The third-order valence-corrected chi connectivity index (χ3v) is 7.67. The van der Waals surface area contributed by atoms with E-state index in [1.807, 2.05) is 6.07 Å². The van der Waals surface area contributed by atoms with Crippen LogP contribution >= 0.6 is 22.9 Å². The van der Waals surface area contributed by atoms with Crippen molar-refractivity contribution in [2.75, 3.05) is 13.1 Å². The van der Waals surface area contributed by atoms with E-state index < -0.39 is 10.0 Å². The number of sulfonamides is 1. The predicted molar refractivity (Wildman–Crippen MR) is 104 cm³/mol. The van der Waals surface area contributed by atoms with Crippen LogP contribution in [0.2, 0.25) is 4.34 Å². The van der Waals surface area contributed by atoms with E-state index in [1.54, 1.807) is 28.6 Å². The lowest BCUT2D eigenvalue weighted by molar-refractivity contribution is 0.0768. The van der Waals surface area contributed by atoms with Gasteiger partial charge in [-0.2, -0.15) is 4.31 Å². The molecule has 0 saturated carbocycles. The summed E-state index contributed by atoms with van der Waals surface area (Å²) in [6.07, 6.45) is 1.94. The summed E-state index contributed by atoms with van der Waals surface area (Å²) in [6, 6.07) is 8.49. The van der Waals surface area contributed by atoms with Gasteiger partial charge in [0.05, 0.1) is 9.23 Å². The van der Waals surface area contributed by atoms with Crippen LogP contribution < -0.4 is 4.84 Å². The maximum absolute atomic E-state index is 13.0. The molecule has 3 aromatic rings. The molecule has 0 bridgehead atoms. The van der Waals surface area contributed by atoms with Crippen LogP contribution in [0.3, 0.4) is 0 Å². The normalized spacial score (nSPS) is 18.8. The molecule has 144 valence electrons. The SMILES string of the molecule is CC1CCCN(S(=O)(=O)c2ccc3nnn(OCc4ccc(Cl)s4)c3c2)C1. The Hall–Kier alpha value is -1.68. The summed E-state index contributed by atoms with van der Waals surface area (Å²) in [5.74, 6) is 0.366. The minimum Gasteiger partial charge on any atom is -0.389 e. The van der Waals surface area contributed by atoms with E-state index >= 15 is 0 Å². The molecule has 1 saturated heterocycles. The molecule has 0 amide bonds. The lowest BCUT2D eigenvalue weighted by Gasteiger charge is -2.30. The maximum atomic E-state index is 13.0. The molecule has 2 aromatic heterocycles. The van der Waals surface area contributed by atoms with Crippen LogP contribution in [0.15, 0.2) is 35.2 Å². The molecular formula is C17H19ClN4O3S2. The molecule has 27 heavy (non-hydrogen) atoms. The third kappa shape index (κ3) is 3.82. The second-order valence-corrected chi connectivity index (χ2v) is 10.4. The number of hydrogen-bond acceptors (Lipinski definition) is 6. The zero-order valence-electron chi connectivity index (χ0n) is 14.7. The standard InChI is InChI=1S/C17H19ClN4O3S2/c1-12-3-2-8-21(10-12)27(23,24)14-5-6-15-16(9-14)22(20-19-15)25-11-13-4-7-17(18)26-13/h4-7,9,12H,2-3,8,10-11H2,1H3. The van der Waals surface area contributed by atoms with Gasteiger partial charge in [-0.05, 0) is 54.3 Å². The van der Waals surface area contributed by atoms with Crippen molar-refractivity contribution in [2.45, 2.75) is 31.3 Å². The largest absolute Gasteiger partial charge is 0.389 e. The highest BCUT2D eigenvalue weighted by molar-refractivity contribution is 7.89. The number of hydrogen-bond donors (Lipinski definition) is 0. The average Bonchev–Trinajstić information content (AvgIpc) is 3.25. The van der Waals surface area contributed by atoms with Gasteiger partial charge >= 0.3 is 0 Å². The topological polar surface area (TPSA) is 77.3 Å². The molecule has 1 aliphatic heterocycles. The number of halogens is 1. The van der Waals surface area contributed by atoms with Crippen molar-refractivity contribution >= 4 is 44.0 Å². The van der Waals surface area contributed by atoms with Crippen LogP contribution in [0.1, 0.15) is 24.6 Å². The van der Waals surface area contributed by atoms with E-state index in [0.717, 1.165) is 17.7 Å². The molecule has 0 spiro atoms. The molecule has 1 unspecified atom stereocenters. The molecule has 10 heteroatoms. The van der Waals surface area contributed by atoms with E-state index in [0.29, 0.717) is 34.4 Å². The molecule has 4 rings (SSSR count). The van der Waals surface area contributed by atoms with Gasteiger partial charge in [0.1, 0.15) is 11.0 Å². The first-order chi connectivity index (χ1) is 12.9. The fourth-order valence-electron chi connectivity index (χ4n) is 3.20. The Morgan fingerprint density at radius 3 is 2.93 bits per heavy atom. The van der Waals surface area contributed by atoms with E-state index in [9.17, 15) is 8.42 Å². The zero-order valence-corrected chi connectivity index (χ0v) is 17.1. The molecule has 0 aliphatic carbocycles. The average molecular weight is 427 g/mol. The van der Waals surface area contributed by atoms with Gasteiger partial charge in [-0.3, -0.25) is 0 Å². The molecule has 3 heterocycles. The number of aromatic nitrogens is 3. The Morgan fingerprint density at radius 2 is 2.19 bits per heavy atom. The van der Waals surface area contributed by atoms with Crippen LogP contribution in [0, 0.1) is 5.92 Å². The summed E-state index contributed by atoms with van der Waals surface area (Å²) in [5, 5.41) is 8.01. The molecule has 1 fully saturated rings. The van der Waals surface area contributed by atoms with Crippen LogP contribution in [-0.4, -0.2) is 41.0 Å². The lowest BCUT2D eigenvalue weighted by Crippen LogP contribution is -2.39. The van der Waals surface area contributed by atoms with Gasteiger partial charge < -0.3 is 4.84 Å². The summed E-state index contributed by atoms with van der Waals surface area (Å²) < 4.78 is 28.3. The van der Waals surface area contributed by atoms with Crippen molar-refractivity contribution < 1.29 is 13.3 Å². The highest BCUT2D eigenvalue weighted by Gasteiger charge is 2.29. The van der Waals surface area contributed by atoms with Crippen molar-refractivity contribution in [2.24, 2.45) is 5.92 Å². The summed E-state index contributed by atoms with van der Waals surface area (Å²) in [5.41, 5.74) is 1.09. The fraction of sp³-hybridized carbons (Fsp3) is 0.412. The minimum absolute atomic E-state index is 0.232. The first-order valence-electron chi connectivity index (χ1n) is 8.66. The molecule has 0 radical (unpaired) electrons. The van der Waals surface area contributed by atoms with E-state index in [2.05, 4.69) is 17.2 Å². The van der Waals surface area contributed by atoms with E-state index in [1.165, 1.54) is 16.2 Å². The number of nitrogens with zero attached hydrogens (tertiary/aromatic N) is 4. The van der Waals surface area contributed by atoms with Gasteiger partial charge in [0.25, 0.3) is 0 Å². The van der Waals surface area contributed by atoms with Crippen molar-refractivity contribution in [3.63, 3.8) is 0 Å². The summed E-state index contributed by atoms with van der Waals surface area (Å²) in [4.78, 5) is 8.11. The highest BCUT2D eigenvalue weighted by Crippen LogP contribution is 2.26. The van der Waals surface area contributed by atoms with Crippen LogP contribution in [0.25, 0.3) is 11.0 Å². The van der Waals surface area contributed by atoms with Gasteiger partial charge in [0.2, 0.25) is 10.0 Å². The Morgan fingerprint density at radius 1 is 1.33 bits per heavy atom.